The van der Waals surface area contributed by atoms with Gasteiger partial charge in [-0.3, -0.25) is 9.52 Å². The molecule has 0 unspecified atom stereocenters. The summed E-state index contributed by atoms with van der Waals surface area (Å²) in [5, 5.41) is 7.98. The van der Waals surface area contributed by atoms with E-state index in [4.69, 9.17) is 4.74 Å². The Kier molecular flexibility index (Phi) is 5.86. The summed E-state index contributed by atoms with van der Waals surface area (Å²) in [6.07, 6.45) is 2.16. The average Bonchev–Trinajstić information content (AvgIpc) is 3.14. The molecule has 5 rings (SSSR count). The fourth-order valence-electron chi connectivity index (χ4n) is 4.08. The van der Waals surface area contributed by atoms with Crippen LogP contribution in [-0.4, -0.2) is 35.9 Å². The molecule has 7 heteroatoms. The van der Waals surface area contributed by atoms with E-state index in [-0.39, 0.29) is 5.91 Å². The number of ether oxygens (including phenoxy) is 1. The fourth-order valence-corrected chi connectivity index (χ4v) is 4.79. The molecule has 0 saturated carbocycles. The maximum absolute atomic E-state index is 13.3. The van der Waals surface area contributed by atoms with Gasteiger partial charge in [-0.1, -0.05) is 42.3 Å². The minimum absolute atomic E-state index is 0.109. The number of hydrogen-bond donors (Lipinski definition) is 3. The lowest BCUT2D eigenvalue weighted by Gasteiger charge is -2.23. The smallest absolute Gasteiger partial charge is 0.264 e. The zero-order valence-corrected chi connectivity index (χ0v) is 18.1. The van der Waals surface area contributed by atoms with Crippen molar-refractivity contribution in [3.05, 3.63) is 66.1 Å². The summed E-state index contributed by atoms with van der Waals surface area (Å²) in [4.78, 5) is 13.3. The molecule has 0 radical (unpaired) electrons. The van der Waals surface area contributed by atoms with Crippen LogP contribution in [0, 0.1) is 0 Å². The van der Waals surface area contributed by atoms with E-state index in [9.17, 15) is 4.79 Å². The first-order chi connectivity index (χ1) is 15.3. The van der Waals surface area contributed by atoms with Crippen LogP contribution in [0.25, 0.3) is 22.2 Å². The van der Waals surface area contributed by atoms with Gasteiger partial charge >= 0.3 is 0 Å². The van der Waals surface area contributed by atoms with Crippen LogP contribution in [0.15, 0.2) is 66.1 Å². The van der Waals surface area contributed by atoms with Crippen LogP contribution >= 0.6 is 11.9 Å². The number of para-hydroxylation sites is 2. The van der Waals surface area contributed by atoms with Gasteiger partial charge in [0.1, 0.15) is 5.75 Å². The fraction of sp³-hybridized carbons (Fsp3) is 0.292. The predicted octanol–water partition coefficient (Wildman–Crippen LogP) is 3.65. The lowest BCUT2D eigenvalue weighted by Crippen LogP contribution is -2.33. The molecule has 0 spiro atoms. The van der Waals surface area contributed by atoms with Crippen LogP contribution < -0.4 is 20.1 Å². The van der Waals surface area contributed by atoms with Crippen LogP contribution in [0.4, 0.5) is 0 Å². The third-order valence-corrected chi connectivity index (χ3v) is 6.47. The number of fused-ring (bicyclic) bond motifs is 5. The molecule has 0 saturated heterocycles. The summed E-state index contributed by atoms with van der Waals surface area (Å²) in [6.45, 7) is 2.90. The monoisotopic (exact) mass is 434 g/mol. The Labute approximate surface area is 186 Å². The van der Waals surface area contributed by atoms with Crippen LogP contribution in [0.5, 0.6) is 5.75 Å². The third kappa shape index (κ3) is 4.16. The van der Waals surface area contributed by atoms with Gasteiger partial charge in [0, 0.05) is 35.3 Å². The molecule has 0 fully saturated rings. The Morgan fingerprint density at radius 3 is 2.81 bits per heavy atom. The van der Waals surface area contributed by atoms with Crippen LogP contribution in [-0.2, 0) is 11.3 Å². The number of aromatic nitrogens is 1. The van der Waals surface area contributed by atoms with E-state index in [1.165, 1.54) is 11.9 Å². The molecule has 2 aromatic carbocycles. The first kappa shape index (κ1) is 20.0. The predicted molar refractivity (Wildman–Crippen MR) is 126 cm³/mol. The van der Waals surface area contributed by atoms with Crippen molar-refractivity contribution >= 4 is 28.8 Å². The second-order valence-electron chi connectivity index (χ2n) is 7.74. The highest BCUT2D eigenvalue weighted by molar-refractivity contribution is 7.97. The number of benzene rings is 2. The minimum Gasteiger partial charge on any atom is -0.440 e. The Bertz CT molecular complexity index is 1140. The van der Waals surface area contributed by atoms with E-state index in [0.29, 0.717) is 24.5 Å². The van der Waals surface area contributed by atoms with Crippen molar-refractivity contribution in [2.75, 3.05) is 25.4 Å². The van der Waals surface area contributed by atoms with Gasteiger partial charge in [-0.05, 0) is 43.7 Å². The topological polar surface area (TPSA) is 67.3 Å². The molecule has 31 heavy (non-hydrogen) atoms. The average molecular weight is 435 g/mol. The lowest BCUT2D eigenvalue weighted by atomic mass is 10.1. The van der Waals surface area contributed by atoms with E-state index in [1.54, 1.807) is 0 Å². The molecular weight excluding hydrogens is 408 g/mol. The maximum Gasteiger partial charge on any atom is 0.264 e. The van der Waals surface area contributed by atoms with Gasteiger partial charge in [-0.15, -0.1) is 0 Å². The van der Waals surface area contributed by atoms with Gasteiger partial charge < -0.3 is 19.9 Å². The molecule has 2 aliphatic heterocycles. The normalized spacial score (nSPS) is 20.2. The minimum atomic E-state index is -0.109. The van der Waals surface area contributed by atoms with E-state index < -0.39 is 0 Å². The Balaban J connectivity index is 1.64. The Morgan fingerprint density at radius 1 is 0.968 bits per heavy atom. The summed E-state index contributed by atoms with van der Waals surface area (Å²) in [5.41, 5.74) is 3.77. The van der Waals surface area contributed by atoms with Gasteiger partial charge in [0.05, 0.1) is 17.8 Å². The molecule has 0 atom stereocenters. The van der Waals surface area contributed by atoms with Crippen molar-refractivity contribution in [3.63, 3.8) is 0 Å². The molecule has 1 aromatic heterocycles. The first-order valence-electron chi connectivity index (χ1n) is 10.8. The number of carbonyl (C=O) groups excluding carboxylic acids is 1. The maximum atomic E-state index is 13.3. The second-order valence-corrected chi connectivity index (χ2v) is 8.65. The number of nitrogens with zero attached hydrogens (tertiary/aromatic N) is 1. The van der Waals surface area contributed by atoms with Gasteiger partial charge in [0.25, 0.3) is 5.91 Å². The van der Waals surface area contributed by atoms with Crippen molar-refractivity contribution in [3.8, 4) is 17.0 Å². The molecule has 0 aliphatic carbocycles. The van der Waals surface area contributed by atoms with Crippen LogP contribution in [0.2, 0.25) is 0 Å². The standard InChI is InChI=1S/C24H26N4O2S/c29-23-19-16-28-20-9-3-1-7-17(20)15-21(28)18-8-2-4-10-22(18)30-24(19)26-13-12-25-11-5-6-14-31-27-23/h1-4,7-10,15,25-26H,5-6,11-14,16H2,(H,27,29)/b24-19+. The van der Waals surface area contributed by atoms with Gasteiger partial charge in [0.2, 0.25) is 5.88 Å². The number of amides is 1. The van der Waals surface area contributed by atoms with Gasteiger partial charge in [-0.25, -0.2) is 0 Å². The summed E-state index contributed by atoms with van der Waals surface area (Å²) in [7, 11) is 0. The van der Waals surface area contributed by atoms with Crippen molar-refractivity contribution in [2.45, 2.75) is 19.4 Å². The number of nitrogens with one attached hydrogen (secondary N) is 3. The zero-order chi connectivity index (χ0) is 21.0. The highest BCUT2D eigenvalue weighted by Crippen LogP contribution is 2.37. The molecule has 6 nitrogen and oxygen atoms in total. The SMILES string of the molecule is O=C1NSCCCCNCCN/C2=C\1Cn1c(cc3ccccc31)-c1ccccc1O2. The number of hydrogen-bond acceptors (Lipinski definition) is 5. The zero-order valence-electron chi connectivity index (χ0n) is 17.3. The quantitative estimate of drug-likeness (QED) is 0.472. The summed E-state index contributed by atoms with van der Waals surface area (Å²) in [5.74, 6) is 2.05. The van der Waals surface area contributed by atoms with Gasteiger partial charge in [0.15, 0.2) is 0 Å². The van der Waals surface area contributed by atoms with Crippen LogP contribution in [0.3, 0.4) is 0 Å². The van der Waals surface area contributed by atoms with Gasteiger partial charge in [-0.2, -0.15) is 0 Å². The molecule has 3 heterocycles. The second kappa shape index (κ2) is 9.08. The van der Waals surface area contributed by atoms with E-state index in [1.807, 2.05) is 30.3 Å². The van der Waals surface area contributed by atoms with Crippen LogP contribution in [0.1, 0.15) is 12.8 Å². The summed E-state index contributed by atoms with van der Waals surface area (Å²) >= 11 is 1.47. The summed E-state index contributed by atoms with van der Waals surface area (Å²) < 4.78 is 11.6. The van der Waals surface area contributed by atoms with Crippen molar-refractivity contribution in [1.82, 2.24) is 19.9 Å². The lowest BCUT2D eigenvalue weighted by molar-refractivity contribution is -0.116. The van der Waals surface area contributed by atoms with E-state index >= 15 is 0 Å². The molecular formula is C24H26N4O2S. The molecule has 1 amide bonds. The molecule has 3 N–H and O–H groups in total. The summed E-state index contributed by atoms with van der Waals surface area (Å²) in [6, 6.07) is 18.5. The largest absolute Gasteiger partial charge is 0.440 e. The Morgan fingerprint density at radius 2 is 1.84 bits per heavy atom. The Hall–Kier alpha value is -2.90. The first-order valence-corrected chi connectivity index (χ1v) is 11.8. The number of rotatable bonds is 0. The van der Waals surface area contributed by atoms with Crippen molar-refractivity contribution < 1.29 is 9.53 Å². The third-order valence-electron chi connectivity index (χ3n) is 5.65. The highest BCUT2D eigenvalue weighted by atomic mass is 32.2. The van der Waals surface area contributed by atoms with Crippen molar-refractivity contribution in [1.29, 1.82) is 0 Å². The van der Waals surface area contributed by atoms with E-state index in [2.05, 4.69) is 44.2 Å². The molecule has 2 aliphatic rings. The molecule has 160 valence electrons. The molecule has 3 aromatic rings. The highest BCUT2D eigenvalue weighted by Gasteiger charge is 2.25. The molecule has 0 bridgehead atoms. The van der Waals surface area contributed by atoms with Crippen molar-refractivity contribution in [2.24, 2.45) is 0 Å². The van der Waals surface area contributed by atoms with E-state index in [0.717, 1.165) is 59.6 Å². The number of carbonyl (C=O) groups is 1.